The molecule has 4 nitrogen and oxygen atoms in total. The van der Waals surface area contributed by atoms with Crippen molar-refractivity contribution in [2.75, 3.05) is 6.54 Å². The van der Waals surface area contributed by atoms with Gasteiger partial charge in [0.05, 0.1) is 5.54 Å². The Bertz CT molecular complexity index is 968. The van der Waals surface area contributed by atoms with Crippen molar-refractivity contribution in [3.63, 3.8) is 0 Å². The lowest BCUT2D eigenvalue weighted by Gasteiger charge is -2.27. The normalized spacial score (nSPS) is 11.4. The first-order valence-electron chi connectivity index (χ1n) is 9.24. The minimum Gasteiger partial charge on any atom is -0.361 e. The molecule has 3 aromatic rings. The topological polar surface area (TPSA) is 56.9 Å². The number of hydrogen-bond donors (Lipinski definition) is 3. The summed E-state index contributed by atoms with van der Waals surface area (Å²) in [7, 11) is 0. The number of para-hydroxylation sites is 1. The molecule has 0 spiro atoms. The summed E-state index contributed by atoms with van der Waals surface area (Å²) in [6.45, 7) is 10.6. The standard InChI is InChI=1S/C23H27N3O/c1-16(2)17-8-7-9-19(14-17)23(3,4)26-22(27)24-13-12-18-15-25-21-11-6-5-10-20(18)21/h5-11,14-15,25H,1,12-13H2,2-4H3,(H2,24,26,27). The van der Waals surface area contributed by atoms with Crippen molar-refractivity contribution < 1.29 is 4.79 Å². The number of nitrogens with one attached hydrogen (secondary N) is 3. The lowest BCUT2D eigenvalue weighted by Crippen LogP contribution is -2.46. The molecule has 0 aliphatic heterocycles. The van der Waals surface area contributed by atoms with Gasteiger partial charge >= 0.3 is 6.03 Å². The molecule has 140 valence electrons. The largest absolute Gasteiger partial charge is 0.361 e. The number of hydrogen-bond acceptors (Lipinski definition) is 1. The number of allylic oxidation sites excluding steroid dienone is 1. The zero-order chi connectivity index (χ0) is 19.4. The van der Waals surface area contributed by atoms with Crippen molar-refractivity contribution in [3.05, 3.63) is 78.0 Å². The van der Waals surface area contributed by atoms with Crippen molar-refractivity contribution in [1.82, 2.24) is 15.6 Å². The fourth-order valence-electron chi connectivity index (χ4n) is 3.22. The maximum absolute atomic E-state index is 12.4. The highest BCUT2D eigenvalue weighted by Crippen LogP contribution is 2.23. The van der Waals surface area contributed by atoms with Gasteiger partial charge in [-0.05, 0) is 56.0 Å². The highest BCUT2D eigenvalue weighted by atomic mass is 16.2. The summed E-state index contributed by atoms with van der Waals surface area (Å²) < 4.78 is 0. The third-order valence-electron chi connectivity index (χ3n) is 4.86. The molecule has 1 aromatic heterocycles. The van der Waals surface area contributed by atoms with Gasteiger partial charge < -0.3 is 15.6 Å². The van der Waals surface area contributed by atoms with E-state index in [0.29, 0.717) is 6.54 Å². The SMILES string of the molecule is C=C(C)c1cccc(C(C)(C)NC(=O)NCCc2c[nH]c3ccccc23)c1. The van der Waals surface area contributed by atoms with Crippen LogP contribution in [0.5, 0.6) is 0 Å². The van der Waals surface area contributed by atoms with Gasteiger partial charge in [0.1, 0.15) is 0 Å². The smallest absolute Gasteiger partial charge is 0.315 e. The van der Waals surface area contributed by atoms with E-state index >= 15 is 0 Å². The number of H-pyrrole nitrogens is 1. The molecule has 0 atom stereocenters. The Balaban J connectivity index is 1.58. The maximum atomic E-state index is 12.4. The number of carbonyl (C=O) groups is 1. The monoisotopic (exact) mass is 361 g/mol. The van der Waals surface area contributed by atoms with Crippen LogP contribution < -0.4 is 10.6 Å². The van der Waals surface area contributed by atoms with E-state index in [4.69, 9.17) is 0 Å². The first-order chi connectivity index (χ1) is 12.9. The molecule has 3 rings (SSSR count). The summed E-state index contributed by atoms with van der Waals surface area (Å²) in [5.41, 5.74) is 5.00. The average molecular weight is 361 g/mol. The molecule has 3 N–H and O–H groups in total. The lowest BCUT2D eigenvalue weighted by molar-refractivity contribution is 0.230. The number of aromatic amines is 1. The van der Waals surface area contributed by atoms with Crippen molar-refractivity contribution in [2.24, 2.45) is 0 Å². The Labute approximate surface area is 160 Å². The van der Waals surface area contributed by atoms with E-state index in [2.05, 4.69) is 40.4 Å². The molecule has 0 saturated carbocycles. The van der Waals surface area contributed by atoms with E-state index in [9.17, 15) is 4.79 Å². The van der Waals surface area contributed by atoms with Crippen LogP contribution in [0.15, 0.2) is 61.3 Å². The van der Waals surface area contributed by atoms with E-state index in [0.717, 1.165) is 28.6 Å². The van der Waals surface area contributed by atoms with Crippen LogP contribution in [-0.4, -0.2) is 17.6 Å². The van der Waals surface area contributed by atoms with Gasteiger partial charge in [0, 0.05) is 23.6 Å². The van der Waals surface area contributed by atoms with Crippen LogP contribution in [0.25, 0.3) is 16.5 Å². The maximum Gasteiger partial charge on any atom is 0.315 e. The van der Waals surface area contributed by atoms with Crippen LogP contribution in [0.3, 0.4) is 0 Å². The van der Waals surface area contributed by atoms with Gasteiger partial charge in [-0.3, -0.25) is 0 Å². The van der Waals surface area contributed by atoms with Crippen LogP contribution in [0, 0.1) is 0 Å². The molecule has 2 aromatic carbocycles. The zero-order valence-corrected chi connectivity index (χ0v) is 16.2. The molecule has 0 aliphatic rings. The highest BCUT2D eigenvalue weighted by molar-refractivity contribution is 5.83. The Morgan fingerprint density at radius 1 is 1.15 bits per heavy atom. The van der Waals surface area contributed by atoms with Crippen molar-refractivity contribution in [2.45, 2.75) is 32.7 Å². The van der Waals surface area contributed by atoms with E-state index < -0.39 is 5.54 Å². The molecule has 0 radical (unpaired) electrons. The molecule has 2 amide bonds. The van der Waals surface area contributed by atoms with Gasteiger partial charge in [-0.2, -0.15) is 0 Å². The summed E-state index contributed by atoms with van der Waals surface area (Å²) in [4.78, 5) is 15.7. The molecular weight excluding hydrogens is 334 g/mol. The number of carbonyl (C=O) groups excluding carboxylic acids is 1. The van der Waals surface area contributed by atoms with Gasteiger partial charge in [-0.1, -0.05) is 48.6 Å². The first-order valence-corrected chi connectivity index (χ1v) is 9.24. The van der Waals surface area contributed by atoms with E-state index in [-0.39, 0.29) is 6.03 Å². The van der Waals surface area contributed by atoms with Gasteiger partial charge in [-0.15, -0.1) is 0 Å². The summed E-state index contributed by atoms with van der Waals surface area (Å²) in [5, 5.41) is 7.24. The number of aromatic nitrogens is 1. The predicted octanol–water partition coefficient (Wildman–Crippen LogP) is 4.98. The summed E-state index contributed by atoms with van der Waals surface area (Å²) in [6.07, 6.45) is 2.79. The van der Waals surface area contributed by atoms with E-state index in [1.807, 2.05) is 57.3 Å². The first kappa shape index (κ1) is 18.8. The van der Waals surface area contributed by atoms with Crippen molar-refractivity contribution in [1.29, 1.82) is 0 Å². The number of rotatable bonds is 6. The van der Waals surface area contributed by atoms with Gasteiger partial charge in [0.25, 0.3) is 0 Å². The van der Waals surface area contributed by atoms with Crippen LogP contribution in [0.1, 0.15) is 37.5 Å². The fourth-order valence-corrected chi connectivity index (χ4v) is 3.22. The minimum atomic E-state index is -0.476. The third-order valence-corrected chi connectivity index (χ3v) is 4.86. The summed E-state index contributed by atoms with van der Waals surface area (Å²) >= 11 is 0. The number of fused-ring (bicyclic) bond motifs is 1. The van der Waals surface area contributed by atoms with Crippen molar-refractivity contribution in [3.8, 4) is 0 Å². The van der Waals surface area contributed by atoms with Gasteiger partial charge in [0.15, 0.2) is 0 Å². The number of urea groups is 1. The second-order valence-corrected chi connectivity index (χ2v) is 7.48. The fraction of sp³-hybridized carbons (Fsp3) is 0.261. The lowest BCUT2D eigenvalue weighted by atomic mass is 9.92. The Kier molecular flexibility index (Phi) is 5.36. The molecule has 0 fully saturated rings. The van der Waals surface area contributed by atoms with Crippen LogP contribution in [0.4, 0.5) is 4.79 Å². The van der Waals surface area contributed by atoms with Crippen LogP contribution >= 0.6 is 0 Å². The molecule has 0 saturated heterocycles. The highest BCUT2D eigenvalue weighted by Gasteiger charge is 2.23. The zero-order valence-electron chi connectivity index (χ0n) is 16.2. The molecule has 27 heavy (non-hydrogen) atoms. The number of benzene rings is 2. The predicted molar refractivity (Wildman–Crippen MR) is 113 cm³/mol. The van der Waals surface area contributed by atoms with Gasteiger partial charge in [0.2, 0.25) is 0 Å². The van der Waals surface area contributed by atoms with Crippen molar-refractivity contribution >= 4 is 22.5 Å². The molecule has 4 heteroatoms. The van der Waals surface area contributed by atoms with E-state index in [1.54, 1.807) is 0 Å². The summed E-state index contributed by atoms with van der Waals surface area (Å²) in [5.74, 6) is 0. The second-order valence-electron chi connectivity index (χ2n) is 7.48. The molecule has 0 bridgehead atoms. The molecular formula is C23H27N3O. The van der Waals surface area contributed by atoms with E-state index in [1.165, 1.54) is 10.9 Å². The van der Waals surface area contributed by atoms with Crippen LogP contribution in [0.2, 0.25) is 0 Å². The second kappa shape index (κ2) is 7.70. The third kappa shape index (κ3) is 4.40. The average Bonchev–Trinajstić information content (AvgIpc) is 3.05. The quantitative estimate of drug-likeness (QED) is 0.570. The molecule has 0 unspecified atom stereocenters. The molecule has 1 heterocycles. The van der Waals surface area contributed by atoms with Crippen LogP contribution in [-0.2, 0) is 12.0 Å². The molecule has 0 aliphatic carbocycles. The Hall–Kier alpha value is -3.01. The number of amides is 2. The Morgan fingerprint density at radius 2 is 1.93 bits per heavy atom. The Morgan fingerprint density at radius 3 is 2.70 bits per heavy atom. The minimum absolute atomic E-state index is 0.166. The van der Waals surface area contributed by atoms with Gasteiger partial charge in [-0.25, -0.2) is 4.79 Å². The summed E-state index contributed by atoms with van der Waals surface area (Å²) in [6, 6.07) is 16.2.